The zero-order chi connectivity index (χ0) is 24.1. The van der Waals surface area contributed by atoms with E-state index in [4.69, 9.17) is 9.97 Å². The van der Waals surface area contributed by atoms with Gasteiger partial charge in [0, 0.05) is 5.56 Å². The van der Waals surface area contributed by atoms with E-state index in [1.807, 2.05) is 6.07 Å². The molecule has 0 aliphatic heterocycles. The van der Waals surface area contributed by atoms with E-state index in [0.29, 0.717) is 0 Å². The second-order valence-electron chi connectivity index (χ2n) is 9.25. The number of rotatable bonds is 4. The van der Waals surface area contributed by atoms with Gasteiger partial charge in [0.15, 0.2) is 0 Å². The molecule has 172 valence electrons. The smallest absolute Gasteiger partial charge is 0.215 e. The molecule has 0 spiro atoms. The predicted octanol–water partition coefficient (Wildman–Crippen LogP) is 7.81. The third-order valence-corrected chi connectivity index (χ3v) is 6.82. The van der Waals surface area contributed by atoms with Crippen LogP contribution in [-0.4, -0.2) is 19.9 Å². The minimum Gasteiger partial charge on any atom is -0.323 e. The Bertz CT molecular complexity index is 1530. The number of aromatic amines is 2. The van der Waals surface area contributed by atoms with Crippen molar-refractivity contribution in [3.63, 3.8) is 0 Å². The van der Waals surface area contributed by atoms with E-state index < -0.39 is 0 Å². The van der Waals surface area contributed by atoms with Gasteiger partial charge in [0.2, 0.25) is 11.9 Å². The number of benzene rings is 4. The highest BCUT2D eigenvalue weighted by molar-refractivity contribution is 5.90. The fourth-order valence-electron chi connectivity index (χ4n) is 4.58. The van der Waals surface area contributed by atoms with Crippen LogP contribution in [0.2, 0.25) is 0 Å². The molecule has 4 aromatic carbocycles. The molecule has 6 rings (SSSR count). The van der Waals surface area contributed by atoms with Crippen molar-refractivity contribution in [2.75, 3.05) is 4.90 Å². The monoisotopic (exact) mass is 457 g/mol. The number of hydrogen-bond donors (Lipinski definition) is 2. The highest BCUT2D eigenvalue weighted by Crippen LogP contribution is 2.39. The van der Waals surface area contributed by atoms with Gasteiger partial charge in [-0.15, -0.1) is 0 Å². The van der Waals surface area contributed by atoms with Crippen molar-refractivity contribution in [1.29, 1.82) is 0 Å². The van der Waals surface area contributed by atoms with E-state index in [1.165, 1.54) is 22.3 Å². The maximum Gasteiger partial charge on any atom is 0.215 e. The molecule has 35 heavy (non-hydrogen) atoms. The molecular formula is C30H27N5. The first kappa shape index (κ1) is 21.2. The summed E-state index contributed by atoms with van der Waals surface area (Å²) in [7, 11) is 0. The van der Waals surface area contributed by atoms with Crippen LogP contribution < -0.4 is 4.90 Å². The minimum absolute atomic E-state index is 0.723. The number of fused-ring (bicyclic) bond motifs is 2. The third-order valence-electron chi connectivity index (χ3n) is 6.82. The number of nitrogens with zero attached hydrogens (tertiary/aromatic N) is 3. The standard InChI is InChI=1S/C30H27N5/c1-18-14-24-25(15-19(18)2)32-29(31-24)35(30-33-26-16-20(3)21(4)17-27(26)34-30)28-13-9-8-12-23(28)22-10-6-5-7-11-22/h5-17H,1-4H3,(H,31,32)(H,33,34). The lowest BCUT2D eigenvalue weighted by molar-refractivity contribution is 1.09. The molecule has 2 heterocycles. The van der Waals surface area contributed by atoms with Crippen LogP contribution in [0.25, 0.3) is 33.2 Å². The third kappa shape index (κ3) is 3.66. The molecular weight excluding hydrogens is 430 g/mol. The summed E-state index contributed by atoms with van der Waals surface area (Å²) >= 11 is 0. The summed E-state index contributed by atoms with van der Waals surface area (Å²) in [6.07, 6.45) is 0. The summed E-state index contributed by atoms with van der Waals surface area (Å²) in [5.41, 5.74) is 12.0. The highest BCUT2D eigenvalue weighted by atomic mass is 15.3. The Balaban J connectivity index is 1.62. The van der Waals surface area contributed by atoms with E-state index in [0.717, 1.165) is 50.8 Å². The first-order valence-electron chi connectivity index (χ1n) is 11.9. The SMILES string of the molecule is Cc1cc2nc(N(c3nc4cc(C)c(C)cc4[nH]3)c3ccccc3-c3ccccc3)[nH]c2cc1C. The van der Waals surface area contributed by atoms with Gasteiger partial charge in [-0.3, -0.25) is 0 Å². The largest absolute Gasteiger partial charge is 0.323 e. The summed E-state index contributed by atoms with van der Waals surface area (Å²) in [5, 5.41) is 0. The number of aryl methyl sites for hydroxylation is 4. The number of imidazole rings is 2. The summed E-state index contributed by atoms with van der Waals surface area (Å²) in [5.74, 6) is 1.45. The Morgan fingerprint density at radius 1 is 0.571 bits per heavy atom. The summed E-state index contributed by atoms with van der Waals surface area (Å²) < 4.78 is 0. The van der Waals surface area contributed by atoms with Crippen molar-refractivity contribution in [3.8, 4) is 11.1 Å². The van der Waals surface area contributed by atoms with Gasteiger partial charge in [-0.2, -0.15) is 0 Å². The van der Waals surface area contributed by atoms with Crippen LogP contribution in [0.3, 0.4) is 0 Å². The van der Waals surface area contributed by atoms with Crippen LogP contribution >= 0.6 is 0 Å². The average Bonchev–Trinajstić information content (AvgIpc) is 3.44. The lowest BCUT2D eigenvalue weighted by Gasteiger charge is -2.22. The topological polar surface area (TPSA) is 60.6 Å². The summed E-state index contributed by atoms with van der Waals surface area (Å²) in [6, 6.07) is 27.4. The van der Waals surface area contributed by atoms with Gasteiger partial charge in [0.1, 0.15) is 0 Å². The van der Waals surface area contributed by atoms with Gasteiger partial charge in [-0.05, 0) is 85.8 Å². The number of anilines is 3. The number of hydrogen-bond acceptors (Lipinski definition) is 3. The quantitative estimate of drug-likeness (QED) is 0.284. The molecule has 0 saturated carbocycles. The molecule has 0 amide bonds. The molecule has 0 aliphatic rings. The molecule has 6 aromatic rings. The maximum atomic E-state index is 5.02. The molecule has 5 nitrogen and oxygen atoms in total. The zero-order valence-electron chi connectivity index (χ0n) is 20.3. The Kier molecular flexibility index (Phi) is 4.92. The normalized spacial score (nSPS) is 11.4. The molecule has 0 radical (unpaired) electrons. The molecule has 0 unspecified atom stereocenters. The molecule has 2 N–H and O–H groups in total. The zero-order valence-corrected chi connectivity index (χ0v) is 20.3. The van der Waals surface area contributed by atoms with Gasteiger partial charge in [0.05, 0.1) is 27.8 Å². The highest BCUT2D eigenvalue weighted by Gasteiger charge is 2.23. The lowest BCUT2D eigenvalue weighted by Crippen LogP contribution is -2.14. The van der Waals surface area contributed by atoms with E-state index >= 15 is 0 Å². The predicted molar refractivity (Wildman–Crippen MR) is 145 cm³/mol. The van der Waals surface area contributed by atoms with E-state index in [-0.39, 0.29) is 0 Å². The fraction of sp³-hybridized carbons (Fsp3) is 0.133. The first-order chi connectivity index (χ1) is 17.0. The van der Waals surface area contributed by atoms with E-state index in [2.05, 4.69) is 115 Å². The van der Waals surface area contributed by atoms with Crippen LogP contribution in [0.4, 0.5) is 17.6 Å². The van der Waals surface area contributed by atoms with Crippen LogP contribution in [-0.2, 0) is 0 Å². The van der Waals surface area contributed by atoms with Crippen molar-refractivity contribution < 1.29 is 0 Å². The number of para-hydroxylation sites is 1. The Morgan fingerprint density at radius 3 is 1.63 bits per heavy atom. The lowest BCUT2D eigenvalue weighted by atomic mass is 10.0. The number of H-pyrrole nitrogens is 2. The molecule has 5 heteroatoms. The van der Waals surface area contributed by atoms with Crippen molar-refractivity contribution in [1.82, 2.24) is 19.9 Å². The first-order valence-corrected chi connectivity index (χ1v) is 11.9. The molecule has 0 bridgehead atoms. The van der Waals surface area contributed by atoms with Crippen molar-refractivity contribution in [2.45, 2.75) is 27.7 Å². The van der Waals surface area contributed by atoms with Crippen molar-refractivity contribution in [2.24, 2.45) is 0 Å². The second-order valence-corrected chi connectivity index (χ2v) is 9.25. The van der Waals surface area contributed by atoms with Crippen molar-refractivity contribution in [3.05, 3.63) is 101 Å². The molecule has 0 atom stereocenters. The number of aromatic nitrogens is 4. The Hall–Kier alpha value is -4.38. The molecule has 0 aliphatic carbocycles. The van der Waals surface area contributed by atoms with E-state index in [9.17, 15) is 0 Å². The average molecular weight is 458 g/mol. The van der Waals surface area contributed by atoms with Gasteiger partial charge >= 0.3 is 0 Å². The second kappa shape index (κ2) is 8.13. The van der Waals surface area contributed by atoms with Crippen LogP contribution in [0, 0.1) is 27.7 Å². The van der Waals surface area contributed by atoms with E-state index in [1.54, 1.807) is 0 Å². The Labute approximate surface area is 204 Å². The number of nitrogens with one attached hydrogen (secondary N) is 2. The molecule has 0 fully saturated rings. The van der Waals surface area contributed by atoms with Gasteiger partial charge in [-0.25, -0.2) is 14.9 Å². The molecule has 2 aromatic heterocycles. The van der Waals surface area contributed by atoms with Crippen LogP contribution in [0.1, 0.15) is 22.3 Å². The molecule has 0 saturated heterocycles. The van der Waals surface area contributed by atoms with Crippen LogP contribution in [0.5, 0.6) is 0 Å². The maximum absolute atomic E-state index is 5.02. The van der Waals surface area contributed by atoms with Gasteiger partial charge in [-0.1, -0.05) is 48.5 Å². The van der Waals surface area contributed by atoms with Crippen LogP contribution in [0.15, 0.2) is 78.9 Å². The Morgan fingerprint density at radius 2 is 1.06 bits per heavy atom. The van der Waals surface area contributed by atoms with Gasteiger partial charge in [0.25, 0.3) is 0 Å². The fourth-order valence-corrected chi connectivity index (χ4v) is 4.58. The van der Waals surface area contributed by atoms with Gasteiger partial charge < -0.3 is 9.97 Å². The summed E-state index contributed by atoms with van der Waals surface area (Å²) in [4.78, 5) is 19.3. The minimum atomic E-state index is 0.723. The van der Waals surface area contributed by atoms with Crippen molar-refractivity contribution >= 4 is 39.7 Å². The summed E-state index contributed by atoms with van der Waals surface area (Å²) in [6.45, 7) is 8.49.